The fourth-order valence-corrected chi connectivity index (χ4v) is 3.34. The van der Waals surface area contributed by atoms with Gasteiger partial charge in [0.2, 0.25) is 9.84 Å². The molecule has 5 heteroatoms. The molecule has 1 aliphatic rings. The summed E-state index contributed by atoms with van der Waals surface area (Å²) in [6.07, 6.45) is 0. The smallest absolute Gasteiger partial charge is 0.200 e. The van der Waals surface area contributed by atoms with Crippen molar-refractivity contribution >= 4 is 15.4 Å². The molecule has 0 bridgehead atoms. The van der Waals surface area contributed by atoms with Crippen LogP contribution in [0.4, 0.5) is 4.39 Å². The van der Waals surface area contributed by atoms with Crippen LogP contribution in [-0.2, 0) is 9.84 Å². The van der Waals surface area contributed by atoms with Crippen LogP contribution < -0.4 is 5.73 Å². The maximum absolute atomic E-state index is 13.1. The van der Waals surface area contributed by atoms with Gasteiger partial charge in [-0.15, -0.1) is 0 Å². The predicted octanol–water partition coefficient (Wildman–Crippen LogP) is 1.55. The van der Waals surface area contributed by atoms with Crippen LogP contribution in [0.5, 0.6) is 0 Å². The van der Waals surface area contributed by atoms with Gasteiger partial charge in [0.25, 0.3) is 0 Å². The standard InChI is InChI=1S/C11H12FNO2S/c1-7(5-13)10-6-16(14,15)11-3-2-8(12)4-9(10)11/h2-4,6-7H,5,13H2,1H3. The number of hydrogen-bond acceptors (Lipinski definition) is 3. The minimum absolute atomic E-state index is 0.0992. The summed E-state index contributed by atoms with van der Waals surface area (Å²) in [7, 11) is -3.41. The largest absolute Gasteiger partial charge is 0.330 e. The minimum Gasteiger partial charge on any atom is -0.330 e. The molecule has 0 radical (unpaired) electrons. The second-order valence-corrected chi connectivity index (χ2v) is 5.66. The van der Waals surface area contributed by atoms with Crippen molar-refractivity contribution in [3.05, 3.63) is 35.0 Å². The second-order valence-electron chi connectivity index (χ2n) is 3.90. The van der Waals surface area contributed by atoms with E-state index in [2.05, 4.69) is 0 Å². The molecule has 16 heavy (non-hydrogen) atoms. The number of benzene rings is 1. The Morgan fingerprint density at radius 3 is 2.75 bits per heavy atom. The van der Waals surface area contributed by atoms with Crippen molar-refractivity contribution in [2.75, 3.05) is 6.54 Å². The molecule has 0 saturated carbocycles. The molecule has 1 aliphatic heterocycles. The SMILES string of the molecule is CC(CN)C1=CS(=O)(=O)c2ccc(F)cc21. The highest BCUT2D eigenvalue weighted by Crippen LogP contribution is 2.37. The van der Waals surface area contributed by atoms with E-state index in [9.17, 15) is 12.8 Å². The van der Waals surface area contributed by atoms with Gasteiger partial charge < -0.3 is 5.73 Å². The van der Waals surface area contributed by atoms with Crippen LogP contribution in [-0.4, -0.2) is 15.0 Å². The van der Waals surface area contributed by atoms with E-state index >= 15 is 0 Å². The molecule has 1 atom stereocenters. The van der Waals surface area contributed by atoms with Crippen LogP contribution >= 0.6 is 0 Å². The van der Waals surface area contributed by atoms with E-state index in [4.69, 9.17) is 5.73 Å². The predicted molar refractivity (Wildman–Crippen MR) is 59.8 cm³/mol. The van der Waals surface area contributed by atoms with Gasteiger partial charge in [0, 0.05) is 11.0 Å². The first kappa shape index (κ1) is 11.3. The van der Waals surface area contributed by atoms with Crippen molar-refractivity contribution in [1.82, 2.24) is 0 Å². The molecule has 2 rings (SSSR count). The maximum atomic E-state index is 13.1. The fraction of sp³-hybridized carbons (Fsp3) is 0.273. The van der Waals surface area contributed by atoms with E-state index in [1.165, 1.54) is 17.5 Å². The summed E-state index contributed by atoms with van der Waals surface area (Å²) in [5.74, 6) is -0.538. The molecule has 1 unspecified atom stereocenters. The first-order valence-corrected chi connectivity index (χ1v) is 6.47. The topological polar surface area (TPSA) is 60.2 Å². The van der Waals surface area contributed by atoms with Crippen LogP contribution in [0, 0.1) is 11.7 Å². The number of sulfone groups is 1. The lowest BCUT2D eigenvalue weighted by Crippen LogP contribution is -2.11. The van der Waals surface area contributed by atoms with Crippen LogP contribution in [0.2, 0.25) is 0 Å². The van der Waals surface area contributed by atoms with Gasteiger partial charge in [0.1, 0.15) is 5.82 Å². The molecule has 0 spiro atoms. The third-order valence-electron chi connectivity index (χ3n) is 2.73. The molecular formula is C11H12FNO2S. The van der Waals surface area contributed by atoms with Crippen LogP contribution in [0.3, 0.4) is 0 Å². The van der Waals surface area contributed by atoms with Gasteiger partial charge in [-0.3, -0.25) is 0 Å². The molecule has 2 N–H and O–H groups in total. The zero-order chi connectivity index (χ0) is 11.9. The van der Waals surface area contributed by atoms with Crippen LogP contribution in [0.1, 0.15) is 12.5 Å². The lowest BCUT2D eigenvalue weighted by Gasteiger charge is -2.10. The summed E-state index contributed by atoms with van der Waals surface area (Å²) >= 11 is 0. The Kier molecular flexibility index (Phi) is 2.59. The highest BCUT2D eigenvalue weighted by molar-refractivity contribution is 7.95. The minimum atomic E-state index is -3.41. The molecule has 1 heterocycles. The normalized spacial score (nSPS) is 19.1. The number of halogens is 1. The highest BCUT2D eigenvalue weighted by atomic mass is 32.2. The van der Waals surface area contributed by atoms with Crippen molar-refractivity contribution < 1.29 is 12.8 Å². The van der Waals surface area contributed by atoms with E-state index in [-0.39, 0.29) is 10.8 Å². The molecular weight excluding hydrogens is 229 g/mol. The van der Waals surface area contributed by atoms with Crippen molar-refractivity contribution in [1.29, 1.82) is 0 Å². The Labute approximate surface area is 93.7 Å². The van der Waals surface area contributed by atoms with E-state index < -0.39 is 15.7 Å². The first-order chi connectivity index (χ1) is 7.45. The Hall–Kier alpha value is -1.20. The summed E-state index contributed by atoms with van der Waals surface area (Å²) in [5, 5.41) is 1.19. The van der Waals surface area contributed by atoms with Crippen molar-refractivity contribution in [3.8, 4) is 0 Å². The lowest BCUT2D eigenvalue weighted by atomic mass is 9.96. The number of rotatable bonds is 2. The van der Waals surface area contributed by atoms with E-state index in [1.807, 2.05) is 6.92 Å². The quantitative estimate of drug-likeness (QED) is 0.799. The number of fused-ring (bicyclic) bond motifs is 1. The summed E-state index contributed by atoms with van der Waals surface area (Å²) < 4.78 is 36.6. The number of hydrogen-bond donors (Lipinski definition) is 1. The fourth-order valence-electron chi connectivity index (χ4n) is 1.78. The Bertz CT molecular complexity index is 563. The van der Waals surface area contributed by atoms with Gasteiger partial charge in [0.05, 0.1) is 4.90 Å². The van der Waals surface area contributed by atoms with Crippen molar-refractivity contribution in [3.63, 3.8) is 0 Å². The van der Waals surface area contributed by atoms with Gasteiger partial charge in [-0.2, -0.15) is 0 Å². The zero-order valence-electron chi connectivity index (χ0n) is 8.77. The van der Waals surface area contributed by atoms with E-state index in [1.54, 1.807) is 0 Å². The van der Waals surface area contributed by atoms with E-state index in [0.29, 0.717) is 17.7 Å². The molecule has 0 aliphatic carbocycles. The Balaban J connectivity index is 2.66. The average molecular weight is 241 g/mol. The molecule has 1 aromatic rings. The first-order valence-electron chi connectivity index (χ1n) is 4.92. The number of nitrogens with two attached hydrogens (primary N) is 1. The molecule has 86 valence electrons. The second kappa shape index (κ2) is 3.68. The third kappa shape index (κ3) is 1.66. The van der Waals surface area contributed by atoms with Gasteiger partial charge in [-0.05, 0) is 36.2 Å². The Morgan fingerprint density at radius 1 is 1.44 bits per heavy atom. The summed E-state index contributed by atoms with van der Waals surface area (Å²) in [5.41, 5.74) is 6.54. The van der Waals surface area contributed by atoms with Gasteiger partial charge in [-0.25, -0.2) is 12.8 Å². The highest BCUT2D eigenvalue weighted by Gasteiger charge is 2.29. The van der Waals surface area contributed by atoms with Crippen molar-refractivity contribution in [2.45, 2.75) is 11.8 Å². The van der Waals surface area contributed by atoms with Crippen LogP contribution in [0.15, 0.2) is 28.5 Å². The molecule has 0 saturated heterocycles. The third-order valence-corrected chi connectivity index (χ3v) is 4.26. The van der Waals surface area contributed by atoms with E-state index in [0.717, 1.165) is 6.07 Å². The average Bonchev–Trinajstić information content (AvgIpc) is 2.49. The van der Waals surface area contributed by atoms with Crippen molar-refractivity contribution in [2.24, 2.45) is 11.7 Å². The monoisotopic (exact) mass is 241 g/mol. The van der Waals surface area contributed by atoms with Gasteiger partial charge in [-0.1, -0.05) is 6.92 Å². The Morgan fingerprint density at radius 2 is 2.12 bits per heavy atom. The molecule has 0 amide bonds. The summed E-state index contributed by atoms with van der Waals surface area (Å²) in [6, 6.07) is 3.70. The maximum Gasteiger partial charge on any atom is 0.200 e. The molecule has 3 nitrogen and oxygen atoms in total. The lowest BCUT2D eigenvalue weighted by molar-refractivity contribution is 0.604. The summed E-state index contributed by atoms with van der Waals surface area (Å²) in [6.45, 7) is 2.15. The zero-order valence-corrected chi connectivity index (χ0v) is 9.59. The van der Waals surface area contributed by atoms with Gasteiger partial charge >= 0.3 is 0 Å². The van der Waals surface area contributed by atoms with Crippen LogP contribution in [0.25, 0.3) is 5.57 Å². The molecule has 0 aromatic heterocycles. The molecule has 1 aromatic carbocycles. The molecule has 0 fully saturated rings. The summed E-state index contributed by atoms with van der Waals surface area (Å²) in [4.78, 5) is 0.171. The van der Waals surface area contributed by atoms with Gasteiger partial charge in [0.15, 0.2) is 0 Å².